The highest BCUT2D eigenvalue weighted by Gasteiger charge is 2.29. The van der Waals surface area contributed by atoms with E-state index in [0.717, 1.165) is 50.0 Å². The summed E-state index contributed by atoms with van der Waals surface area (Å²) in [6.07, 6.45) is 16.0. The summed E-state index contributed by atoms with van der Waals surface area (Å²) in [5.74, 6) is 0.598. The van der Waals surface area contributed by atoms with Crippen molar-refractivity contribution >= 4 is 11.0 Å². The Hall–Kier alpha value is -1.62. The summed E-state index contributed by atoms with van der Waals surface area (Å²) in [7, 11) is 0. The van der Waals surface area contributed by atoms with Crippen LogP contribution in [-0.2, 0) is 19.4 Å². The summed E-state index contributed by atoms with van der Waals surface area (Å²) in [6, 6.07) is 0.709. The van der Waals surface area contributed by atoms with Crippen molar-refractivity contribution in [3.8, 4) is 0 Å². The zero-order chi connectivity index (χ0) is 18.9. The molecule has 2 aromatic rings. The van der Waals surface area contributed by atoms with Gasteiger partial charge in [-0.25, -0.2) is 4.68 Å². The van der Waals surface area contributed by atoms with E-state index in [2.05, 4.69) is 15.0 Å². The molecule has 2 aromatic heterocycles. The molecular weight excluding hydrogens is 348 g/mol. The number of hydrogen-bond donors (Lipinski definition) is 2. The summed E-state index contributed by atoms with van der Waals surface area (Å²) in [5.41, 5.74) is 4.75. The molecule has 2 N–H and O–H groups in total. The van der Waals surface area contributed by atoms with Gasteiger partial charge in [0.2, 0.25) is 0 Å². The molecule has 3 aliphatic rings. The summed E-state index contributed by atoms with van der Waals surface area (Å²) >= 11 is 0. The van der Waals surface area contributed by atoms with Crippen LogP contribution in [0, 0.1) is 0 Å². The van der Waals surface area contributed by atoms with Crippen LogP contribution in [0.15, 0.2) is 4.79 Å². The van der Waals surface area contributed by atoms with Crippen LogP contribution in [0.25, 0.3) is 11.0 Å². The van der Waals surface area contributed by atoms with Gasteiger partial charge in [0.05, 0.1) is 5.69 Å². The molecule has 5 nitrogen and oxygen atoms in total. The van der Waals surface area contributed by atoms with Crippen LogP contribution >= 0.6 is 0 Å². The van der Waals surface area contributed by atoms with E-state index in [1.807, 2.05) is 0 Å². The summed E-state index contributed by atoms with van der Waals surface area (Å²) in [6.45, 7) is 1.93. The number of rotatable bonds is 6. The molecule has 0 aromatic carbocycles. The van der Waals surface area contributed by atoms with Gasteiger partial charge in [0.15, 0.2) is 0 Å². The van der Waals surface area contributed by atoms with Crippen molar-refractivity contribution in [2.45, 2.75) is 102 Å². The zero-order valence-electron chi connectivity index (χ0n) is 17.1. The van der Waals surface area contributed by atoms with Gasteiger partial charge >= 0.3 is 0 Å². The maximum absolute atomic E-state index is 12.7. The van der Waals surface area contributed by atoms with Crippen LogP contribution in [0.1, 0.15) is 93.4 Å². The standard InChI is InChI=1S/C23H34N4O/c28-23-19-13-5-4-12-18(19)20-21(16-8-6-9-16)26-27(22(20)25-23)15-7-14-24-17-10-2-1-3-11-17/h16-17,24H,1-15H2,(H,25,28). The highest BCUT2D eigenvalue weighted by Crippen LogP contribution is 2.40. The van der Waals surface area contributed by atoms with Crippen LogP contribution in [-0.4, -0.2) is 27.4 Å². The van der Waals surface area contributed by atoms with Gasteiger partial charge in [0.25, 0.3) is 5.56 Å². The van der Waals surface area contributed by atoms with E-state index in [-0.39, 0.29) is 5.56 Å². The Bertz CT molecular complexity index is 886. The molecule has 0 aliphatic heterocycles. The van der Waals surface area contributed by atoms with Crippen molar-refractivity contribution in [3.05, 3.63) is 27.2 Å². The monoisotopic (exact) mass is 382 g/mol. The van der Waals surface area contributed by atoms with E-state index in [1.54, 1.807) is 0 Å². The summed E-state index contributed by atoms with van der Waals surface area (Å²) < 4.78 is 2.11. The molecule has 2 saturated carbocycles. The number of H-pyrrole nitrogens is 1. The molecule has 0 spiro atoms. The third-order valence-corrected chi connectivity index (χ3v) is 7.33. The van der Waals surface area contributed by atoms with Crippen LogP contribution in [0.2, 0.25) is 0 Å². The van der Waals surface area contributed by atoms with Crippen molar-refractivity contribution < 1.29 is 0 Å². The molecule has 2 fully saturated rings. The fraction of sp³-hybridized carbons (Fsp3) is 0.739. The van der Waals surface area contributed by atoms with Gasteiger partial charge in [-0.3, -0.25) is 4.79 Å². The van der Waals surface area contributed by atoms with Gasteiger partial charge in [-0.2, -0.15) is 5.10 Å². The first kappa shape index (κ1) is 18.4. The Balaban J connectivity index is 1.39. The fourth-order valence-electron chi connectivity index (χ4n) is 5.49. The maximum atomic E-state index is 12.7. The lowest BCUT2D eigenvalue weighted by Gasteiger charge is -2.25. The lowest BCUT2D eigenvalue weighted by atomic mass is 9.80. The minimum Gasteiger partial charge on any atom is -0.314 e. The molecule has 5 heteroatoms. The first-order valence-electron chi connectivity index (χ1n) is 11.7. The first-order valence-corrected chi connectivity index (χ1v) is 11.7. The predicted octanol–water partition coefficient (Wildman–Crippen LogP) is 4.18. The molecule has 0 amide bonds. The molecule has 0 unspecified atom stereocenters. The summed E-state index contributed by atoms with van der Waals surface area (Å²) in [5, 5.41) is 10.1. The predicted molar refractivity (Wildman–Crippen MR) is 113 cm³/mol. The highest BCUT2D eigenvalue weighted by molar-refractivity contribution is 5.84. The van der Waals surface area contributed by atoms with Gasteiger partial charge in [0, 0.05) is 29.5 Å². The second-order valence-corrected chi connectivity index (χ2v) is 9.22. The highest BCUT2D eigenvalue weighted by atomic mass is 16.1. The van der Waals surface area contributed by atoms with Crippen LogP contribution in [0.4, 0.5) is 0 Å². The van der Waals surface area contributed by atoms with Crippen molar-refractivity contribution in [2.75, 3.05) is 6.54 Å². The zero-order valence-corrected chi connectivity index (χ0v) is 17.1. The molecule has 0 radical (unpaired) electrons. The number of hydrogen-bond acceptors (Lipinski definition) is 3. The third kappa shape index (κ3) is 3.42. The Morgan fingerprint density at radius 2 is 1.75 bits per heavy atom. The maximum Gasteiger partial charge on any atom is 0.253 e. The number of nitrogens with one attached hydrogen (secondary N) is 2. The molecule has 3 aliphatic carbocycles. The first-order chi connectivity index (χ1) is 13.8. The summed E-state index contributed by atoms with van der Waals surface area (Å²) in [4.78, 5) is 15.9. The quantitative estimate of drug-likeness (QED) is 0.737. The van der Waals surface area contributed by atoms with Crippen molar-refractivity contribution in [2.24, 2.45) is 0 Å². The van der Waals surface area contributed by atoms with Gasteiger partial charge in [-0.1, -0.05) is 25.7 Å². The minimum absolute atomic E-state index is 0.129. The van der Waals surface area contributed by atoms with Gasteiger partial charge < -0.3 is 10.3 Å². The number of pyridine rings is 1. The Morgan fingerprint density at radius 1 is 0.964 bits per heavy atom. The average molecular weight is 383 g/mol. The second-order valence-electron chi connectivity index (χ2n) is 9.22. The van der Waals surface area contributed by atoms with Crippen molar-refractivity contribution in [1.82, 2.24) is 20.1 Å². The van der Waals surface area contributed by atoms with E-state index in [1.165, 1.54) is 74.4 Å². The number of aromatic amines is 1. The average Bonchev–Trinajstić information content (AvgIpc) is 3.03. The molecule has 28 heavy (non-hydrogen) atoms. The van der Waals surface area contributed by atoms with Crippen LogP contribution in [0.5, 0.6) is 0 Å². The molecule has 0 bridgehead atoms. The van der Waals surface area contributed by atoms with E-state index in [4.69, 9.17) is 5.10 Å². The van der Waals surface area contributed by atoms with Gasteiger partial charge in [-0.05, 0) is 69.9 Å². The Labute approximate surface area is 167 Å². The van der Waals surface area contributed by atoms with Gasteiger partial charge in [0.1, 0.15) is 5.65 Å². The molecule has 152 valence electrons. The van der Waals surface area contributed by atoms with E-state index in [0.29, 0.717) is 12.0 Å². The topological polar surface area (TPSA) is 62.7 Å². The molecular formula is C23H34N4O. The second kappa shape index (κ2) is 8.02. The Morgan fingerprint density at radius 3 is 2.50 bits per heavy atom. The van der Waals surface area contributed by atoms with E-state index in [9.17, 15) is 4.79 Å². The number of nitrogens with zero attached hydrogens (tertiary/aromatic N) is 2. The lowest BCUT2D eigenvalue weighted by molar-refractivity contribution is 0.366. The van der Waals surface area contributed by atoms with Gasteiger partial charge in [-0.15, -0.1) is 0 Å². The SMILES string of the molecule is O=c1[nH]c2c(c(C3CCC3)nn2CCCNC2CCCCC2)c2c1CCCC2. The fourth-order valence-corrected chi connectivity index (χ4v) is 5.49. The van der Waals surface area contributed by atoms with Crippen LogP contribution < -0.4 is 10.9 Å². The van der Waals surface area contributed by atoms with Crippen LogP contribution in [0.3, 0.4) is 0 Å². The minimum atomic E-state index is 0.129. The largest absolute Gasteiger partial charge is 0.314 e. The van der Waals surface area contributed by atoms with Crippen molar-refractivity contribution in [3.63, 3.8) is 0 Å². The molecule has 2 heterocycles. The number of fused-ring (bicyclic) bond motifs is 3. The van der Waals surface area contributed by atoms with E-state index >= 15 is 0 Å². The third-order valence-electron chi connectivity index (χ3n) is 7.33. The smallest absolute Gasteiger partial charge is 0.253 e. The van der Waals surface area contributed by atoms with Crippen molar-refractivity contribution in [1.29, 1.82) is 0 Å². The van der Waals surface area contributed by atoms with E-state index < -0.39 is 0 Å². The molecule has 5 rings (SSSR count). The molecule has 0 atom stereocenters. The molecule has 0 saturated heterocycles. The lowest BCUT2D eigenvalue weighted by Crippen LogP contribution is -2.32. The number of aromatic nitrogens is 3. The Kier molecular flexibility index (Phi) is 5.27. The normalized spacial score (nSPS) is 21.0. The number of aryl methyl sites for hydroxylation is 2.